The van der Waals surface area contributed by atoms with E-state index in [0.29, 0.717) is 6.42 Å². The molecule has 1 amide bonds. The third-order valence-corrected chi connectivity index (χ3v) is 4.27. The van der Waals surface area contributed by atoms with Crippen molar-refractivity contribution in [2.75, 3.05) is 18.1 Å². The maximum atomic E-state index is 12.4. The van der Waals surface area contributed by atoms with Gasteiger partial charge >= 0.3 is 5.97 Å². The number of carbonyl (C=O) groups excluding carboxylic acids is 1. The molecule has 2 atom stereocenters. The van der Waals surface area contributed by atoms with Crippen molar-refractivity contribution in [1.82, 2.24) is 0 Å². The zero-order valence-electron chi connectivity index (χ0n) is 11.8. The number of hydrogen-bond acceptors (Lipinski definition) is 3. The molecular weight excluding hydrogens is 270 g/mol. The predicted octanol–water partition coefficient (Wildman–Crippen LogP) is 2.16. The van der Waals surface area contributed by atoms with Gasteiger partial charge in [0, 0.05) is 25.3 Å². The first-order valence-corrected chi connectivity index (χ1v) is 7.40. The van der Waals surface area contributed by atoms with Gasteiger partial charge in [-0.05, 0) is 30.9 Å². The normalized spacial score (nSPS) is 24.1. The number of rotatable bonds is 4. The van der Waals surface area contributed by atoms with Crippen molar-refractivity contribution >= 4 is 17.6 Å². The molecule has 1 saturated heterocycles. The van der Waals surface area contributed by atoms with Gasteiger partial charge in [0.25, 0.3) is 0 Å². The summed E-state index contributed by atoms with van der Waals surface area (Å²) >= 11 is 0. The van der Waals surface area contributed by atoms with E-state index in [2.05, 4.69) is 0 Å². The molecular formula is C16H19NO4. The lowest BCUT2D eigenvalue weighted by Crippen LogP contribution is -2.31. The van der Waals surface area contributed by atoms with Crippen LogP contribution in [0.3, 0.4) is 0 Å². The molecule has 0 aliphatic carbocycles. The van der Waals surface area contributed by atoms with Gasteiger partial charge in [-0.3, -0.25) is 9.59 Å². The van der Waals surface area contributed by atoms with Crippen LogP contribution in [0.5, 0.6) is 0 Å². The number of benzene rings is 1. The lowest BCUT2D eigenvalue weighted by molar-refractivity contribution is -0.138. The van der Waals surface area contributed by atoms with Crippen LogP contribution in [0, 0.1) is 0 Å². The van der Waals surface area contributed by atoms with Crippen molar-refractivity contribution in [2.45, 2.75) is 37.7 Å². The maximum Gasteiger partial charge on any atom is 0.312 e. The highest BCUT2D eigenvalue weighted by atomic mass is 16.5. The van der Waals surface area contributed by atoms with Crippen molar-refractivity contribution in [2.24, 2.45) is 0 Å². The molecule has 1 N–H and O–H groups in total. The van der Waals surface area contributed by atoms with E-state index in [1.807, 2.05) is 18.2 Å². The smallest absolute Gasteiger partial charge is 0.312 e. The second-order valence-corrected chi connectivity index (χ2v) is 5.63. The van der Waals surface area contributed by atoms with Gasteiger partial charge in [0.05, 0.1) is 6.10 Å². The number of fused-ring (bicyclic) bond motifs is 1. The topological polar surface area (TPSA) is 66.8 Å². The lowest BCUT2D eigenvalue weighted by Gasteiger charge is -2.18. The summed E-state index contributed by atoms with van der Waals surface area (Å²) in [5.41, 5.74) is 1.47. The van der Waals surface area contributed by atoms with Crippen LogP contribution in [0.25, 0.3) is 0 Å². The number of para-hydroxylation sites is 1. The molecule has 0 saturated carbocycles. The summed E-state index contributed by atoms with van der Waals surface area (Å²) in [5, 5.41) is 9.30. The van der Waals surface area contributed by atoms with Crippen molar-refractivity contribution in [3.8, 4) is 0 Å². The van der Waals surface area contributed by atoms with E-state index in [9.17, 15) is 14.7 Å². The molecule has 1 fully saturated rings. The molecule has 5 heteroatoms. The molecule has 2 heterocycles. The zero-order chi connectivity index (χ0) is 14.8. The Hall–Kier alpha value is -1.88. The van der Waals surface area contributed by atoms with Crippen molar-refractivity contribution < 1.29 is 19.4 Å². The molecule has 0 unspecified atom stereocenters. The summed E-state index contributed by atoms with van der Waals surface area (Å²) in [7, 11) is 0. The number of carboxylic acid groups (broad SMARTS) is 1. The molecule has 2 aliphatic rings. The molecule has 0 radical (unpaired) electrons. The maximum absolute atomic E-state index is 12.4. The van der Waals surface area contributed by atoms with Crippen LogP contribution < -0.4 is 4.90 Å². The molecule has 112 valence electrons. The Kier molecular flexibility index (Phi) is 3.92. The highest BCUT2D eigenvalue weighted by Gasteiger charge is 2.36. The van der Waals surface area contributed by atoms with Crippen molar-refractivity contribution in [1.29, 1.82) is 0 Å². The number of carboxylic acids is 1. The Balaban J connectivity index is 1.70. The van der Waals surface area contributed by atoms with E-state index in [1.54, 1.807) is 11.0 Å². The highest BCUT2D eigenvalue weighted by Crippen LogP contribution is 2.36. The number of nitrogens with zero attached hydrogens (tertiary/aromatic N) is 1. The van der Waals surface area contributed by atoms with Crippen LogP contribution in [0.2, 0.25) is 0 Å². The minimum atomic E-state index is -0.878. The van der Waals surface area contributed by atoms with Gasteiger partial charge in [0.1, 0.15) is 5.92 Å². The average Bonchev–Trinajstić information content (AvgIpc) is 3.12. The Morgan fingerprint density at radius 2 is 2.14 bits per heavy atom. The predicted molar refractivity (Wildman–Crippen MR) is 77.4 cm³/mol. The molecule has 1 aromatic rings. The largest absolute Gasteiger partial charge is 0.481 e. The summed E-state index contributed by atoms with van der Waals surface area (Å²) in [4.78, 5) is 25.4. The number of hydrogen-bond donors (Lipinski definition) is 1. The molecule has 3 rings (SSSR count). The fraction of sp³-hybridized carbons (Fsp3) is 0.500. The van der Waals surface area contributed by atoms with Gasteiger partial charge in [0.2, 0.25) is 5.91 Å². The molecule has 1 aromatic carbocycles. The fourth-order valence-corrected chi connectivity index (χ4v) is 3.15. The number of ether oxygens (including phenoxy) is 1. The van der Waals surface area contributed by atoms with E-state index in [1.165, 1.54) is 0 Å². The van der Waals surface area contributed by atoms with Crippen molar-refractivity contribution in [3.63, 3.8) is 0 Å². The second-order valence-electron chi connectivity index (χ2n) is 5.63. The number of amides is 1. The van der Waals surface area contributed by atoms with Crippen LogP contribution in [0.15, 0.2) is 24.3 Å². The Morgan fingerprint density at radius 3 is 2.86 bits per heavy atom. The van der Waals surface area contributed by atoms with E-state index in [-0.39, 0.29) is 18.6 Å². The molecule has 0 aromatic heterocycles. The van der Waals surface area contributed by atoms with E-state index in [4.69, 9.17) is 4.74 Å². The third kappa shape index (κ3) is 2.78. The third-order valence-electron chi connectivity index (χ3n) is 4.27. The second kappa shape index (κ2) is 5.85. The summed E-state index contributed by atoms with van der Waals surface area (Å²) in [6, 6.07) is 7.27. The lowest BCUT2D eigenvalue weighted by atomic mass is 10.0. The zero-order valence-corrected chi connectivity index (χ0v) is 11.8. The van der Waals surface area contributed by atoms with Crippen LogP contribution in [-0.2, 0) is 14.3 Å². The molecule has 2 aliphatic heterocycles. The summed E-state index contributed by atoms with van der Waals surface area (Å²) in [5.74, 6) is -1.51. The van der Waals surface area contributed by atoms with Gasteiger partial charge in [-0.25, -0.2) is 0 Å². The fourth-order valence-electron chi connectivity index (χ4n) is 3.15. The Morgan fingerprint density at radius 1 is 1.33 bits per heavy atom. The number of aliphatic carboxylic acids is 1. The summed E-state index contributed by atoms with van der Waals surface area (Å²) in [6.45, 7) is 1.02. The van der Waals surface area contributed by atoms with Crippen molar-refractivity contribution in [3.05, 3.63) is 29.8 Å². The SMILES string of the molecule is O=C(O)[C@@H]1CN(C(=O)CC[C@H]2CCCO2)c2ccccc21. The van der Waals surface area contributed by atoms with E-state index < -0.39 is 11.9 Å². The van der Waals surface area contributed by atoms with Crippen LogP contribution in [0.1, 0.15) is 37.2 Å². The van der Waals surface area contributed by atoms with Gasteiger partial charge < -0.3 is 14.7 Å². The van der Waals surface area contributed by atoms with Crippen LogP contribution in [-0.4, -0.2) is 36.2 Å². The van der Waals surface area contributed by atoms with Gasteiger partial charge in [-0.15, -0.1) is 0 Å². The van der Waals surface area contributed by atoms with Gasteiger partial charge in [0.15, 0.2) is 0 Å². The first-order valence-electron chi connectivity index (χ1n) is 7.40. The van der Waals surface area contributed by atoms with Crippen LogP contribution in [0.4, 0.5) is 5.69 Å². The minimum Gasteiger partial charge on any atom is -0.481 e. The highest BCUT2D eigenvalue weighted by molar-refractivity contribution is 5.98. The monoisotopic (exact) mass is 289 g/mol. The van der Waals surface area contributed by atoms with E-state index >= 15 is 0 Å². The minimum absolute atomic E-state index is 0.0123. The Labute approximate surface area is 123 Å². The molecule has 5 nitrogen and oxygen atoms in total. The standard InChI is InChI=1S/C16H19NO4/c18-15(8-7-11-4-3-9-21-11)17-10-13(16(19)20)12-5-1-2-6-14(12)17/h1-2,5-6,11,13H,3-4,7-10H2,(H,19,20)/t11-,13-/m1/s1. The number of carbonyl (C=O) groups is 2. The quantitative estimate of drug-likeness (QED) is 0.922. The number of anilines is 1. The van der Waals surface area contributed by atoms with Crippen LogP contribution >= 0.6 is 0 Å². The Bertz CT molecular complexity index is 551. The molecule has 21 heavy (non-hydrogen) atoms. The first kappa shape index (κ1) is 14.1. The summed E-state index contributed by atoms with van der Waals surface area (Å²) in [6.07, 6.45) is 3.39. The first-order chi connectivity index (χ1) is 10.2. The summed E-state index contributed by atoms with van der Waals surface area (Å²) < 4.78 is 5.53. The van der Waals surface area contributed by atoms with E-state index in [0.717, 1.165) is 37.1 Å². The molecule has 0 spiro atoms. The molecule has 0 bridgehead atoms. The van der Waals surface area contributed by atoms with Gasteiger partial charge in [-0.1, -0.05) is 18.2 Å². The van der Waals surface area contributed by atoms with Gasteiger partial charge in [-0.2, -0.15) is 0 Å². The average molecular weight is 289 g/mol.